The number of benzene rings is 1. The number of anilines is 2. The number of sulfonamides is 1. The minimum atomic E-state index is -3.67. The Labute approximate surface area is 124 Å². The molecule has 0 aliphatic carbocycles. The van der Waals surface area contributed by atoms with Crippen LogP contribution in [0.5, 0.6) is 0 Å². The zero-order valence-corrected chi connectivity index (χ0v) is 13.5. The monoisotopic (exact) mass is 361 g/mol. The van der Waals surface area contributed by atoms with Gasteiger partial charge in [0.25, 0.3) is 10.0 Å². The fraction of sp³-hybridized carbons (Fsp3) is 0.182. The molecule has 0 aliphatic rings. The SMILES string of the molecule is Cc1cccc(NS(=O)(=O)c2sc(N)nc2C)c1Br. The lowest BCUT2D eigenvalue weighted by atomic mass is 10.2. The van der Waals surface area contributed by atoms with E-state index < -0.39 is 10.0 Å². The minimum absolute atomic E-state index is 0.137. The number of halogens is 1. The van der Waals surface area contributed by atoms with E-state index in [0.29, 0.717) is 15.9 Å². The summed E-state index contributed by atoms with van der Waals surface area (Å²) in [6.45, 7) is 3.50. The summed E-state index contributed by atoms with van der Waals surface area (Å²) in [4.78, 5) is 3.92. The van der Waals surface area contributed by atoms with E-state index in [9.17, 15) is 8.42 Å². The maximum absolute atomic E-state index is 12.3. The Morgan fingerprint density at radius 3 is 2.63 bits per heavy atom. The molecule has 0 atom stereocenters. The maximum Gasteiger partial charge on any atom is 0.273 e. The number of nitrogens with two attached hydrogens (primary N) is 1. The Hall–Kier alpha value is -1.12. The molecule has 0 saturated carbocycles. The Morgan fingerprint density at radius 1 is 1.37 bits per heavy atom. The van der Waals surface area contributed by atoms with Crippen molar-refractivity contribution in [2.75, 3.05) is 10.5 Å². The first-order valence-electron chi connectivity index (χ1n) is 5.32. The van der Waals surface area contributed by atoms with Crippen molar-refractivity contribution in [2.45, 2.75) is 18.1 Å². The van der Waals surface area contributed by atoms with Crippen LogP contribution in [-0.4, -0.2) is 13.4 Å². The standard InChI is InChI=1S/C11H12BrN3O2S2/c1-6-4-3-5-8(9(6)12)15-19(16,17)10-7(2)14-11(13)18-10/h3-5,15H,1-2H3,(H2,13,14). The lowest BCUT2D eigenvalue weighted by molar-refractivity contribution is 0.602. The number of nitrogens with zero attached hydrogens (tertiary/aromatic N) is 1. The van der Waals surface area contributed by atoms with E-state index in [-0.39, 0.29) is 9.34 Å². The zero-order valence-electron chi connectivity index (χ0n) is 10.3. The average Bonchev–Trinajstić information content (AvgIpc) is 2.65. The predicted molar refractivity (Wildman–Crippen MR) is 81.0 cm³/mol. The summed E-state index contributed by atoms with van der Waals surface area (Å²) in [7, 11) is -3.67. The lowest BCUT2D eigenvalue weighted by Crippen LogP contribution is -2.13. The minimum Gasteiger partial charge on any atom is -0.375 e. The van der Waals surface area contributed by atoms with Gasteiger partial charge in [0.1, 0.15) is 0 Å². The molecule has 5 nitrogen and oxygen atoms in total. The summed E-state index contributed by atoms with van der Waals surface area (Å²) in [5.74, 6) is 0. The van der Waals surface area contributed by atoms with Crippen LogP contribution in [-0.2, 0) is 10.0 Å². The van der Waals surface area contributed by atoms with E-state index in [1.165, 1.54) is 0 Å². The van der Waals surface area contributed by atoms with E-state index >= 15 is 0 Å². The van der Waals surface area contributed by atoms with Crippen molar-refractivity contribution in [3.63, 3.8) is 0 Å². The van der Waals surface area contributed by atoms with Gasteiger partial charge in [-0.1, -0.05) is 23.5 Å². The quantitative estimate of drug-likeness (QED) is 0.879. The number of thiazole rings is 1. The molecule has 2 rings (SSSR count). The molecule has 1 heterocycles. The van der Waals surface area contributed by atoms with E-state index in [0.717, 1.165) is 16.9 Å². The van der Waals surface area contributed by atoms with E-state index in [4.69, 9.17) is 5.73 Å². The van der Waals surface area contributed by atoms with Crippen LogP contribution >= 0.6 is 27.3 Å². The Bertz CT molecular complexity index is 726. The topological polar surface area (TPSA) is 85.1 Å². The first kappa shape index (κ1) is 14.3. The molecule has 3 N–H and O–H groups in total. The third-order valence-electron chi connectivity index (χ3n) is 2.45. The van der Waals surface area contributed by atoms with Crippen LogP contribution in [0.3, 0.4) is 0 Å². The first-order chi connectivity index (χ1) is 8.81. The Kier molecular flexibility index (Phi) is 3.84. The second-order valence-corrected chi connectivity index (χ2v) is 7.67. The lowest BCUT2D eigenvalue weighted by Gasteiger charge is -2.10. The summed E-state index contributed by atoms with van der Waals surface area (Å²) in [5, 5.41) is 0.237. The number of aromatic nitrogens is 1. The molecule has 102 valence electrons. The summed E-state index contributed by atoms with van der Waals surface area (Å²) in [6, 6.07) is 5.36. The van der Waals surface area contributed by atoms with Crippen LogP contribution in [0.1, 0.15) is 11.3 Å². The van der Waals surface area contributed by atoms with E-state index in [1.54, 1.807) is 19.1 Å². The highest BCUT2D eigenvalue weighted by Gasteiger charge is 2.22. The normalized spacial score (nSPS) is 11.5. The largest absolute Gasteiger partial charge is 0.375 e. The molecular formula is C11H12BrN3O2S2. The Morgan fingerprint density at radius 2 is 2.05 bits per heavy atom. The molecule has 0 amide bonds. The van der Waals surface area contributed by atoms with Crippen molar-refractivity contribution < 1.29 is 8.42 Å². The second kappa shape index (κ2) is 5.10. The summed E-state index contributed by atoms with van der Waals surface area (Å²) in [6.07, 6.45) is 0. The van der Waals surface area contributed by atoms with Crippen LogP contribution in [0.15, 0.2) is 26.9 Å². The molecule has 2 aromatic rings. The van der Waals surface area contributed by atoms with Crippen molar-refractivity contribution in [2.24, 2.45) is 0 Å². The molecule has 1 aromatic heterocycles. The number of nitrogens with one attached hydrogen (secondary N) is 1. The van der Waals surface area contributed by atoms with Gasteiger partial charge in [-0.15, -0.1) is 0 Å². The highest BCUT2D eigenvalue weighted by atomic mass is 79.9. The van der Waals surface area contributed by atoms with Gasteiger partial charge in [-0.2, -0.15) is 0 Å². The fourth-order valence-corrected chi connectivity index (χ4v) is 4.44. The van der Waals surface area contributed by atoms with E-state index in [2.05, 4.69) is 25.6 Å². The fourth-order valence-electron chi connectivity index (χ4n) is 1.57. The molecule has 1 aromatic carbocycles. The van der Waals surface area contributed by atoms with Crippen LogP contribution in [0.2, 0.25) is 0 Å². The van der Waals surface area contributed by atoms with Gasteiger partial charge < -0.3 is 5.73 Å². The third kappa shape index (κ3) is 2.90. The molecule has 0 unspecified atom stereocenters. The molecule has 0 radical (unpaired) electrons. The van der Waals surface area contributed by atoms with Gasteiger partial charge in [0, 0.05) is 4.47 Å². The van der Waals surface area contributed by atoms with Gasteiger partial charge in [-0.25, -0.2) is 13.4 Å². The molecular weight excluding hydrogens is 350 g/mol. The highest BCUT2D eigenvalue weighted by Crippen LogP contribution is 2.31. The summed E-state index contributed by atoms with van der Waals surface area (Å²) in [5.41, 5.74) is 7.37. The second-order valence-electron chi connectivity index (χ2n) is 3.97. The summed E-state index contributed by atoms with van der Waals surface area (Å²) < 4.78 is 28.0. The molecule has 19 heavy (non-hydrogen) atoms. The van der Waals surface area contributed by atoms with Crippen LogP contribution in [0.4, 0.5) is 10.8 Å². The van der Waals surface area contributed by atoms with Crippen LogP contribution in [0, 0.1) is 13.8 Å². The van der Waals surface area contributed by atoms with Gasteiger partial charge in [0.15, 0.2) is 9.34 Å². The predicted octanol–water partition coefficient (Wildman–Crippen LogP) is 2.91. The van der Waals surface area contributed by atoms with Crippen LogP contribution in [0.25, 0.3) is 0 Å². The van der Waals surface area contributed by atoms with Crippen molar-refractivity contribution in [1.82, 2.24) is 4.98 Å². The van der Waals surface area contributed by atoms with Crippen molar-refractivity contribution in [3.05, 3.63) is 33.9 Å². The van der Waals surface area contributed by atoms with Crippen molar-refractivity contribution in [1.29, 1.82) is 0 Å². The third-order valence-corrected chi connectivity index (χ3v) is 6.47. The first-order valence-corrected chi connectivity index (χ1v) is 8.41. The highest BCUT2D eigenvalue weighted by molar-refractivity contribution is 9.10. The number of nitrogen functional groups attached to an aromatic ring is 1. The zero-order chi connectivity index (χ0) is 14.2. The summed E-state index contributed by atoms with van der Waals surface area (Å²) >= 11 is 4.32. The number of hydrogen-bond donors (Lipinski definition) is 2. The number of hydrogen-bond acceptors (Lipinski definition) is 5. The molecule has 0 spiro atoms. The number of rotatable bonds is 3. The molecule has 0 bridgehead atoms. The van der Waals surface area contributed by atoms with Gasteiger partial charge >= 0.3 is 0 Å². The number of aryl methyl sites for hydroxylation is 2. The molecule has 0 aliphatic heterocycles. The molecule has 0 fully saturated rings. The van der Waals surface area contributed by atoms with Gasteiger partial charge in [-0.3, -0.25) is 4.72 Å². The van der Waals surface area contributed by atoms with Gasteiger partial charge in [0.2, 0.25) is 0 Å². The molecule has 8 heteroatoms. The average molecular weight is 362 g/mol. The van der Waals surface area contributed by atoms with E-state index in [1.807, 2.05) is 13.0 Å². The van der Waals surface area contributed by atoms with Gasteiger partial charge in [-0.05, 0) is 41.4 Å². The Balaban J connectivity index is 2.42. The van der Waals surface area contributed by atoms with Gasteiger partial charge in [0.05, 0.1) is 11.4 Å². The smallest absolute Gasteiger partial charge is 0.273 e. The molecule has 0 saturated heterocycles. The van der Waals surface area contributed by atoms with Crippen molar-refractivity contribution >= 4 is 48.1 Å². The van der Waals surface area contributed by atoms with Crippen LogP contribution < -0.4 is 10.5 Å². The van der Waals surface area contributed by atoms with Crippen molar-refractivity contribution in [3.8, 4) is 0 Å². The maximum atomic E-state index is 12.3.